The van der Waals surface area contributed by atoms with Crippen molar-refractivity contribution in [2.24, 2.45) is 0 Å². The topological polar surface area (TPSA) is 52.5 Å². The van der Waals surface area contributed by atoms with Crippen molar-refractivity contribution in [1.82, 2.24) is 5.32 Å². The Morgan fingerprint density at radius 3 is 2.50 bits per heavy atom. The van der Waals surface area contributed by atoms with Crippen LogP contribution in [-0.4, -0.2) is 29.9 Å². The van der Waals surface area contributed by atoms with Crippen LogP contribution in [0.25, 0.3) is 0 Å². The number of aliphatic hydroxyl groups is 1. The summed E-state index contributed by atoms with van der Waals surface area (Å²) in [7, 11) is 0. The van der Waals surface area contributed by atoms with E-state index >= 15 is 0 Å². The summed E-state index contributed by atoms with van der Waals surface area (Å²) in [5.41, 5.74) is 0.941. The van der Waals surface area contributed by atoms with E-state index in [2.05, 4.69) is 5.32 Å². The summed E-state index contributed by atoms with van der Waals surface area (Å²) in [6.07, 6.45) is 2.68. The highest BCUT2D eigenvalue weighted by atomic mass is 16.3. The maximum Gasteiger partial charge on any atom is 0.119 e. The molecule has 1 heterocycles. The number of nitrogens with one attached hydrogen (secondary N) is 1. The third-order valence-electron chi connectivity index (χ3n) is 3.63. The smallest absolute Gasteiger partial charge is 0.119 e. The van der Waals surface area contributed by atoms with Gasteiger partial charge >= 0.3 is 0 Å². The van der Waals surface area contributed by atoms with E-state index in [4.69, 9.17) is 0 Å². The molecule has 1 aromatic rings. The van der Waals surface area contributed by atoms with Gasteiger partial charge in [-0.15, -0.1) is 0 Å². The molecule has 3 N–H and O–H groups in total. The zero-order valence-corrected chi connectivity index (χ0v) is 9.45. The van der Waals surface area contributed by atoms with Crippen LogP contribution in [0, 0.1) is 0 Å². The predicted octanol–water partition coefficient (Wildman–Crippen LogP) is 1.40. The lowest BCUT2D eigenvalue weighted by Crippen LogP contribution is -2.40. The van der Waals surface area contributed by atoms with E-state index in [0.29, 0.717) is 5.75 Å². The number of aromatic hydroxyl groups is 1. The highest BCUT2D eigenvalue weighted by Crippen LogP contribution is 2.40. The number of para-hydroxylation sites is 1. The van der Waals surface area contributed by atoms with Crippen LogP contribution in [0.2, 0.25) is 0 Å². The average Bonchev–Trinajstić information content (AvgIpc) is 2.31. The molecule has 16 heavy (non-hydrogen) atoms. The molecule has 0 saturated carbocycles. The van der Waals surface area contributed by atoms with Gasteiger partial charge in [-0.25, -0.2) is 0 Å². The van der Waals surface area contributed by atoms with Crippen LogP contribution in [-0.2, 0) is 5.41 Å². The molecule has 0 radical (unpaired) electrons. The Balaban J connectivity index is 2.34. The van der Waals surface area contributed by atoms with Crippen molar-refractivity contribution in [2.45, 2.75) is 24.7 Å². The van der Waals surface area contributed by atoms with E-state index in [-0.39, 0.29) is 12.0 Å². The van der Waals surface area contributed by atoms with Crippen LogP contribution in [0.4, 0.5) is 0 Å². The molecule has 3 nitrogen and oxygen atoms in total. The van der Waals surface area contributed by atoms with Crippen LogP contribution in [0.1, 0.15) is 24.8 Å². The quantitative estimate of drug-likeness (QED) is 0.723. The Hall–Kier alpha value is -1.06. The van der Waals surface area contributed by atoms with Crippen LogP contribution in [0.15, 0.2) is 24.3 Å². The van der Waals surface area contributed by atoms with Crippen LogP contribution in [0.3, 0.4) is 0 Å². The molecular formula is C13H19NO2. The third-order valence-corrected chi connectivity index (χ3v) is 3.63. The average molecular weight is 221 g/mol. The van der Waals surface area contributed by atoms with Crippen molar-refractivity contribution >= 4 is 0 Å². The van der Waals surface area contributed by atoms with Gasteiger partial charge in [0.15, 0.2) is 0 Å². The fraction of sp³-hybridized carbons (Fsp3) is 0.538. The van der Waals surface area contributed by atoms with Gasteiger partial charge in [0.2, 0.25) is 0 Å². The largest absolute Gasteiger partial charge is 0.508 e. The number of rotatable bonds is 3. The summed E-state index contributed by atoms with van der Waals surface area (Å²) in [6.45, 7) is 2.08. The van der Waals surface area contributed by atoms with Gasteiger partial charge in [0.1, 0.15) is 5.75 Å². The molecular weight excluding hydrogens is 202 g/mol. The van der Waals surface area contributed by atoms with Crippen molar-refractivity contribution in [3.8, 4) is 5.75 Å². The van der Waals surface area contributed by atoms with E-state index in [9.17, 15) is 10.2 Å². The predicted molar refractivity (Wildman–Crippen MR) is 63.6 cm³/mol. The van der Waals surface area contributed by atoms with Crippen LogP contribution in [0.5, 0.6) is 5.75 Å². The maximum atomic E-state index is 9.95. The van der Waals surface area contributed by atoms with E-state index in [1.54, 1.807) is 6.07 Å². The lowest BCUT2D eigenvalue weighted by molar-refractivity contribution is 0.201. The second-order valence-electron chi connectivity index (χ2n) is 4.52. The van der Waals surface area contributed by atoms with Gasteiger partial charge in [0.05, 0.1) is 0 Å². The number of benzene rings is 1. The fourth-order valence-electron chi connectivity index (χ4n) is 2.70. The van der Waals surface area contributed by atoms with Gasteiger partial charge in [-0.05, 0) is 38.4 Å². The highest BCUT2D eigenvalue weighted by Gasteiger charge is 2.35. The first-order valence-electron chi connectivity index (χ1n) is 5.88. The molecule has 0 unspecified atom stereocenters. The monoisotopic (exact) mass is 221 g/mol. The van der Waals surface area contributed by atoms with Crippen molar-refractivity contribution in [2.75, 3.05) is 19.7 Å². The first-order valence-corrected chi connectivity index (χ1v) is 5.88. The van der Waals surface area contributed by atoms with Gasteiger partial charge in [0.25, 0.3) is 0 Å². The molecule has 0 bridgehead atoms. The molecule has 1 aliphatic heterocycles. The molecule has 1 aliphatic rings. The first-order chi connectivity index (χ1) is 7.78. The normalized spacial score (nSPS) is 19.6. The fourth-order valence-corrected chi connectivity index (χ4v) is 2.70. The molecule has 3 heteroatoms. The molecule has 1 aromatic carbocycles. The summed E-state index contributed by atoms with van der Waals surface area (Å²) in [6, 6.07) is 7.51. The molecule has 2 rings (SSSR count). The van der Waals surface area contributed by atoms with Gasteiger partial charge in [-0.2, -0.15) is 0 Å². The Bertz CT molecular complexity index is 340. The van der Waals surface area contributed by atoms with Crippen molar-refractivity contribution < 1.29 is 10.2 Å². The van der Waals surface area contributed by atoms with Crippen LogP contribution >= 0.6 is 0 Å². The molecule has 1 fully saturated rings. The SMILES string of the molecule is OCCC1(c2ccccc2O)CCNCC1. The van der Waals surface area contributed by atoms with E-state index in [1.165, 1.54) is 0 Å². The zero-order chi connectivity index (χ0) is 11.4. The lowest BCUT2D eigenvalue weighted by atomic mass is 9.70. The highest BCUT2D eigenvalue weighted by molar-refractivity contribution is 5.39. The van der Waals surface area contributed by atoms with E-state index in [0.717, 1.165) is 37.9 Å². The molecule has 0 spiro atoms. The number of aliphatic hydroxyl groups excluding tert-OH is 1. The number of phenolic OH excluding ortho intramolecular Hbond substituents is 1. The Morgan fingerprint density at radius 1 is 1.19 bits per heavy atom. The van der Waals surface area contributed by atoms with Crippen LogP contribution < -0.4 is 5.32 Å². The second kappa shape index (κ2) is 4.85. The number of phenols is 1. The maximum absolute atomic E-state index is 9.95. The van der Waals surface area contributed by atoms with Gasteiger partial charge in [-0.3, -0.25) is 0 Å². The van der Waals surface area contributed by atoms with Crippen molar-refractivity contribution in [1.29, 1.82) is 0 Å². The summed E-state index contributed by atoms with van der Waals surface area (Å²) >= 11 is 0. The van der Waals surface area contributed by atoms with Gasteiger partial charge in [0, 0.05) is 17.6 Å². The summed E-state index contributed by atoms with van der Waals surface area (Å²) < 4.78 is 0. The molecule has 1 saturated heterocycles. The standard InChI is InChI=1S/C13H19NO2/c15-10-7-13(5-8-14-9-6-13)11-3-1-2-4-12(11)16/h1-4,14-16H,5-10H2. The van der Waals surface area contributed by atoms with Crippen molar-refractivity contribution in [3.63, 3.8) is 0 Å². The minimum Gasteiger partial charge on any atom is -0.508 e. The van der Waals surface area contributed by atoms with E-state index in [1.807, 2.05) is 18.2 Å². The Labute approximate surface area is 96.1 Å². The Kier molecular flexibility index (Phi) is 3.46. The minimum absolute atomic E-state index is 0.0503. The first kappa shape index (κ1) is 11.4. The molecule has 0 amide bonds. The second-order valence-corrected chi connectivity index (χ2v) is 4.52. The molecule has 88 valence electrons. The number of piperidine rings is 1. The summed E-state index contributed by atoms with van der Waals surface area (Å²) in [4.78, 5) is 0. The number of hydrogen-bond acceptors (Lipinski definition) is 3. The molecule has 0 aliphatic carbocycles. The van der Waals surface area contributed by atoms with Gasteiger partial charge in [-0.1, -0.05) is 18.2 Å². The minimum atomic E-state index is -0.0503. The molecule has 0 aromatic heterocycles. The van der Waals surface area contributed by atoms with E-state index < -0.39 is 0 Å². The third kappa shape index (κ3) is 2.06. The van der Waals surface area contributed by atoms with Crippen molar-refractivity contribution in [3.05, 3.63) is 29.8 Å². The van der Waals surface area contributed by atoms with Gasteiger partial charge < -0.3 is 15.5 Å². The summed E-state index contributed by atoms with van der Waals surface area (Å²) in [5.74, 6) is 0.359. The lowest BCUT2D eigenvalue weighted by Gasteiger charge is -2.38. The zero-order valence-electron chi connectivity index (χ0n) is 9.45. The molecule has 0 atom stereocenters. The Morgan fingerprint density at radius 2 is 1.88 bits per heavy atom. The number of hydrogen-bond donors (Lipinski definition) is 3. The summed E-state index contributed by atoms with van der Waals surface area (Å²) in [5, 5.41) is 22.5.